The summed E-state index contributed by atoms with van der Waals surface area (Å²) < 4.78 is 21.7. The van der Waals surface area contributed by atoms with Crippen LogP contribution in [0.2, 0.25) is 0 Å². The molecule has 0 aromatic rings. The van der Waals surface area contributed by atoms with Gasteiger partial charge in [0.2, 0.25) is 0 Å². The van der Waals surface area contributed by atoms with Gasteiger partial charge in [0.1, 0.15) is 5.78 Å². The largest absolute Gasteiger partial charge is 0.396 e. The van der Waals surface area contributed by atoms with Crippen molar-refractivity contribution in [1.29, 1.82) is 0 Å². The Balaban J connectivity index is -0.000000439. The number of carbonyl (C=O) groups is 1. The summed E-state index contributed by atoms with van der Waals surface area (Å²) in [6.45, 7) is 17.3. The second-order valence-electron chi connectivity index (χ2n) is 9.51. The fourth-order valence-corrected chi connectivity index (χ4v) is 5.08. The van der Waals surface area contributed by atoms with Crippen molar-refractivity contribution in [3.05, 3.63) is 23.5 Å². The Morgan fingerprint density at radius 2 is 1.26 bits per heavy atom. The van der Waals surface area contributed by atoms with Gasteiger partial charge in [0.15, 0.2) is 0 Å². The van der Waals surface area contributed by atoms with E-state index in [-0.39, 0.29) is 41.4 Å². The van der Waals surface area contributed by atoms with Gasteiger partial charge in [-0.25, -0.2) is 0 Å². The standard InChI is InChI=1S/C10H18O.C8H17O3P.C7H12O2.2CO2/c1-4-5-8-6-9(7-11)10(8,2)3;1-4-7-8-12(9,10-5-2)11-6-3;1-7(2)5(4-8)3-6(7)9;2*2-1-3/h5,9,11H,4,6-7H2,1-3H3;7-8H,4-6H2,1-3H3;5,8H,3-4H2,1-2H3;;/b;8-7+;;;. The third kappa shape index (κ3) is 14.8. The van der Waals surface area contributed by atoms with Gasteiger partial charge in [-0.2, -0.15) is 19.2 Å². The van der Waals surface area contributed by atoms with Gasteiger partial charge in [0.25, 0.3) is 0 Å². The number of aliphatic hydroxyl groups excluding tert-OH is 2. The van der Waals surface area contributed by atoms with Crippen molar-refractivity contribution < 1.29 is 47.8 Å². The van der Waals surface area contributed by atoms with E-state index >= 15 is 0 Å². The van der Waals surface area contributed by atoms with E-state index in [2.05, 4.69) is 26.8 Å². The number of rotatable bonds is 9. The van der Waals surface area contributed by atoms with Crippen LogP contribution in [0.4, 0.5) is 0 Å². The molecule has 220 valence electrons. The van der Waals surface area contributed by atoms with Crippen molar-refractivity contribution in [3.63, 3.8) is 0 Å². The van der Waals surface area contributed by atoms with Crippen LogP contribution < -0.4 is 0 Å². The maximum atomic E-state index is 11.6. The molecule has 0 saturated heterocycles. The van der Waals surface area contributed by atoms with Gasteiger partial charge in [-0.3, -0.25) is 9.36 Å². The minimum absolute atomic E-state index is 0.152. The Bertz CT molecular complexity index is 811. The fourth-order valence-electron chi connectivity index (χ4n) is 3.65. The Labute approximate surface area is 227 Å². The van der Waals surface area contributed by atoms with E-state index in [1.54, 1.807) is 19.9 Å². The molecule has 2 unspecified atom stereocenters. The Hall–Kier alpha value is -2.02. The van der Waals surface area contributed by atoms with Crippen LogP contribution >= 0.6 is 7.60 Å². The number of Topliss-reactive ketones (excluding diaryl/α,β-unsaturated/α-hetero) is 1. The molecule has 2 atom stereocenters. The van der Waals surface area contributed by atoms with E-state index in [4.69, 9.17) is 38.4 Å². The fraction of sp³-hybridized carbons (Fsp3) is 0.741. The van der Waals surface area contributed by atoms with Gasteiger partial charge >= 0.3 is 19.9 Å². The van der Waals surface area contributed by atoms with Crippen LogP contribution in [0.5, 0.6) is 0 Å². The van der Waals surface area contributed by atoms with E-state index < -0.39 is 7.60 Å². The van der Waals surface area contributed by atoms with E-state index in [1.807, 2.05) is 20.8 Å². The molecule has 0 spiro atoms. The van der Waals surface area contributed by atoms with Crippen molar-refractivity contribution in [3.8, 4) is 0 Å². The quantitative estimate of drug-likeness (QED) is 0.290. The first-order chi connectivity index (χ1) is 17.7. The molecule has 0 aromatic carbocycles. The van der Waals surface area contributed by atoms with Crippen molar-refractivity contribution in [2.75, 3.05) is 26.4 Å². The molecule has 2 aliphatic rings. The Kier molecular flexibility index (Phi) is 23.3. The third-order valence-electron chi connectivity index (χ3n) is 6.52. The van der Waals surface area contributed by atoms with Crippen molar-refractivity contribution in [1.82, 2.24) is 0 Å². The highest BCUT2D eigenvalue weighted by molar-refractivity contribution is 7.57. The van der Waals surface area contributed by atoms with Crippen LogP contribution in [-0.2, 0) is 37.6 Å². The number of allylic oxidation sites excluding steroid dienone is 3. The second kappa shape index (κ2) is 21.9. The molecule has 0 aliphatic heterocycles. The van der Waals surface area contributed by atoms with E-state index in [1.165, 1.54) is 11.4 Å². The maximum Gasteiger partial charge on any atom is 0.373 e. The molecule has 0 heterocycles. The van der Waals surface area contributed by atoms with Crippen LogP contribution in [-0.4, -0.2) is 54.7 Å². The number of ketones is 1. The first kappa shape index (κ1) is 40.5. The number of aliphatic hydroxyl groups is 2. The first-order valence-electron chi connectivity index (χ1n) is 12.7. The van der Waals surface area contributed by atoms with Crippen LogP contribution in [0.15, 0.2) is 23.5 Å². The summed E-state index contributed by atoms with van der Waals surface area (Å²) in [7, 11) is -2.92. The number of carbonyl (C=O) groups excluding carboxylic acids is 5. The van der Waals surface area contributed by atoms with Crippen molar-refractivity contribution >= 4 is 25.7 Å². The lowest BCUT2D eigenvalue weighted by molar-refractivity contribution is -0.193. The van der Waals surface area contributed by atoms with Crippen LogP contribution in [0, 0.1) is 22.7 Å². The number of hydrogen-bond donors (Lipinski definition) is 2. The average molecular weight is 563 g/mol. The van der Waals surface area contributed by atoms with Crippen LogP contribution in [0.25, 0.3) is 0 Å². The van der Waals surface area contributed by atoms with Crippen molar-refractivity contribution in [2.24, 2.45) is 22.7 Å². The predicted molar refractivity (Wildman–Crippen MR) is 142 cm³/mol. The lowest BCUT2D eigenvalue weighted by Gasteiger charge is -2.47. The summed E-state index contributed by atoms with van der Waals surface area (Å²) in [6, 6.07) is 0. The molecule has 2 rings (SSSR count). The monoisotopic (exact) mass is 562 g/mol. The minimum atomic E-state index is -2.92. The molecule has 0 amide bonds. The summed E-state index contributed by atoms with van der Waals surface area (Å²) in [4.78, 5) is 43.3. The lowest BCUT2D eigenvalue weighted by Crippen LogP contribution is -2.47. The van der Waals surface area contributed by atoms with Gasteiger partial charge in [-0.1, -0.05) is 59.3 Å². The van der Waals surface area contributed by atoms with Gasteiger partial charge in [0.05, 0.1) is 13.2 Å². The lowest BCUT2D eigenvalue weighted by atomic mass is 9.59. The molecule has 2 saturated carbocycles. The summed E-state index contributed by atoms with van der Waals surface area (Å²) >= 11 is 0. The third-order valence-corrected chi connectivity index (χ3v) is 8.33. The predicted octanol–water partition coefficient (Wildman–Crippen LogP) is 4.96. The minimum Gasteiger partial charge on any atom is -0.396 e. The summed E-state index contributed by atoms with van der Waals surface area (Å²) in [6.07, 6.45) is 8.24. The van der Waals surface area contributed by atoms with Gasteiger partial charge in [-0.15, -0.1) is 0 Å². The molecule has 2 aliphatic carbocycles. The van der Waals surface area contributed by atoms with Crippen LogP contribution in [0.3, 0.4) is 0 Å². The zero-order valence-electron chi connectivity index (χ0n) is 24.2. The molecule has 0 aromatic heterocycles. The first-order valence-corrected chi connectivity index (χ1v) is 14.3. The molecular formula is C27H47O10P. The zero-order chi connectivity index (χ0) is 30.4. The highest BCUT2D eigenvalue weighted by Gasteiger charge is 2.46. The van der Waals surface area contributed by atoms with Gasteiger partial charge in [-0.05, 0) is 44.4 Å². The highest BCUT2D eigenvalue weighted by atomic mass is 31.2. The van der Waals surface area contributed by atoms with Crippen LogP contribution in [0.1, 0.15) is 81.1 Å². The smallest absolute Gasteiger partial charge is 0.373 e. The summed E-state index contributed by atoms with van der Waals surface area (Å²) in [5.74, 6) is 2.52. The zero-order valence-corrected chi connectivity index (χ0v) is 25.0. The highest BCUT2D eigenvalue weighted by Crippen LogP contribution is 2.50. The van der Waals surface area contributed by atoms with E-state index in [0.29, 0.717) is 32.2 Å². The van der Waals surface area contributed by atoms with Gasteiger partial charge < -0.3 is 19.3 Å². The SMILES string of the molecule is CC/C=C/P(=O)(OCC)OCC.CC1(C)C(=O)CC1CO.CCC=C1CC(CO)C1(C)C.O=C=O.O=C=O. The Morgan fingerprint density at radius 3 is 1.50 bits per heavy atom. The topological polar surface area (TPSA) is 161 Å². The molecule has 10 nitrogen and oxygen atoms in total. The molecule has 11 heteroatoms. The second-order valence-corrected chi connectivity index (χ2v) is 11.4. The Morgan fingerprint density at radius 1 is 0.842 bits per heavy atom. The van der Waals surface area contributed by atoms with Gasteiger partial charge in [0, 0.05) is 36.8 Å². The maximum absolute atomic E-state index is 11.6. The molecule has 0 bridgehead atoms. The summed E-state index contributed by atoms with van der Waals surface area (Å²) in [5, 5.41) is 17.7. The molecule has 0 radical (unpaired) electrons. The average Bonchev–Trinajstić information content (AvgIpc) is 2.85. The molecular weight excluding hydrogens is 515 g/mol. The summed E-state index contributed by atoms with van der Waals surface area (Å²) in [5.41, 5.74) is 1.55. The van der Waals surface area contributed by atoms with E-state index in [0.717, 1.165) is 19.3 Å². The molecule has 2 fully saturated rings. The molecule has 38 heavy (non-hydrogen) atoms. The van der Waals surface area contributed by atoms with Crippen molar-refractivity contribution in [2.45, 2.75) is 81.1 Å². The normalized spacial score (nSPS) is 21.2. The van der Waals surface area contributed by atoms with E-state index in [9.17, 15) is 9.36 Å². The molecule has 2 N–H and O–H groups in total. The number of hydrogen-bond acceptors (Lipinski definition) is 10.